The molecule has 0 bridgehead atoms. The highest BCUT2D eigenvalue weighted by molar-refractivity contribution is 5.79. The second kappa shape index (κ2) is 6.89. The van der Waals surface area contributed by atoms with E-state index in [0.29, 0.717) is 12.7 Å². The average Bonchev–Trinajstić information content (AvgIpc) is 2.37. The smallest absolute Gasteiger partial charge is 0.309 e. The number of carbonyl (C=O) groups is 2. The van der Waals surface area contributed by atoms with Crippen molar-refractivity contribution in [2.45, 2.75) is 26.4 Å². The minimum atomic E-state index is -0.688. The average molecular weight is 266 g/mol. The summed E-state index contributed by atoms with van der Waals surface area (Å²) in [6, 6.07) is 4.62. The van der Waals surface area contributed by atoms with Crippen molar-refractivity contribution in [3.05, 3.63) is 29.3 Å². The molecule has 19 heavy (non-hydrogen) atoms. The number of phenolic OH excluding ortho intramolecular Hbond substituents is 1. The molecule has 0 aliphatic rings. The van der Waals surface area contributed by atoms with E-state index in [1.165, 1.54) is 13.0 Å². The van der Waals surface area contributed by atoms with Crippen molar-refractivity contribution in [1.29, 1.82) is 0 Å². The molecular weight excluding hydrogens is 248 g/mol. The number of hydrogen-bond donors (Lipinski definition) is 2. The molecule has 0 aliphatic heterocycles. The molecule has 0 saturated heterocycles. The van der Waals surface area contributed by atoms with Crippen LogP contribution in [-0.4, -0.2) is 35.2 Å². The van der Waals surface area contributed by atoms with E-state index in [1.54, 1.807) is 19.1 Å². The van der Waals surface area contributed by atoms with Gasteiger partial charge >= 0.3 is 5.97 Å². The predicted molar refractivity (Wildman–Crippen MR) is 69.0 cm³/mol. The summed E-state index contributed by atoms with van der Waals surface area (Å²) in [5.41, 5.74) is 0.962. The van der Waals surface area contributed by atoms with E-state index in [0.717, 1.165) is 5.56 Å². The van der Waals surface area contributed by atoms with E-state index < -0.39 is 12.1 Å². The Labute approximate surface area is 111 Å². The fraction of sp³-hybridized carbons (Fsp3) is 0.429. The molecule has 1 aromatic rings. The number of aromatic hydroxyl groups is 1. The van der Waals surface area contributed by atoms with Crippen LogP contribution in [0, 0.1) is 5.92 Å². The highest BCUT2D eigenvalue weighted by Crippen LogP contribution is 2.19. The summed E-state index contributed by atoms with van der Waals surface area (Å²) in [6.45, 7) is 3.21. The van der Waals surface area contributed by atoms with Crippen molar-refractivity contribution in [3.63, 3.8) is 0 Å². The number of esters is 1. The molecule has 0 fully saturated rings. The number of benzene rings is 1. The summed E-state index contributed by atoms with van der Waals surface area (Å²) in [6.07, 6.45) is 0.279. The van der Waals surface area contributed by atoms with Gasteiger partial charge in [0.25, 0.3) is 0 Å². The molecule has 104 valence electrons. The summed E-state index contributed by atoms with van der Waals surface area (Å²) in [5.74, 6) is -0.868. The number of aldehydes is 1. The maximum Gasteiger partial charge on any atom is 0.309 e. The van der Waals surface area contributed by atoms with Crippen molar-refractivity contribution < 1.29 is 24.5 Å². The Morgan fingerprint density at radius 2 is 2.11 bits per heavy atom. The molecule has 0 spiro atoms. The molecule has 5 nitrogen and oxygen atoms in total. The molecule has 0 aromatic heterocycles. The van der Waals surface area contributed by atoms with Gasteiger partial charge in [-0.25, -0.2) is 0 Å². The van der Waals surface area contributed by atoms with Crippen LogP contribution in [0.25, 0.3) is 0 Å². The van der Waals surface area contributed by atoms with E-state index in [4.69, 9.17) is 9.84 Å². The minimum Gasteiger partial charge on any atom is -0.507 e. The van der Waals surface area contributed by atoms with Crippen molar-refractivity contribution in [2.75, 3.05) is 6.61 Å². The van der Waals surface area contributed by atoms with E-state index in [9.17, 15) is 14.7 Å². The number of carbonyl (C=O) groups excluding carboxylic acids is 2. The Morgan fingerprint density at radius 3 is 2.68 bits per heavy atom. The molecule has 1 aromatic carbocycles. The van der Waals surface area contributed by atoms with E-state index in [-0.39, 0.29) is 23.8 Å². The fourth-order valence-electron chi connectivity index (χ4n) is 1.61. The molecule has 0 heterocycles. The zero-order valence-electron chi connectivity index (χ0n) is 11.0. The van der Waals surface area contributed by atoms with Gasteiger partial charge in [0, 0.05) is 0 Å². The fourth-order valence-corrected chi connectivity index (χ4v) is 1.61. The van der Waals surface area contributed by atoms with E-state index >= 15 is 0 Å². The lowest BCUT2D eigenvalue weighted by Gasteiger charge is -2.13. The first-order valence-corrected chi connectivity index (χ1v) is 6.05. The number of ether oxygens (including phenoxy) is 1. The third-order valence-electron chi connectivity index (χ3n) is 2.63. The van der Waals surface area contributed by atoms with Crippen molar-refractivity contribution in [1.82, 2.24) is 0 Å². The van der Waals surface area contributed by atoms with Gasteiger partial charge < -0.3 is 14.9 Å². The number of hydrogen-bond acceptors (Lipinski definition) is 5. The zero-order chi connectivity index (χ0) is 14.4. The van der Waals surface area contributed by atoms with Crippen LogP contribution in [0.15, 0.2) is 18.2 Å². The van der Waals surface area contributed by atoms with Crippen molar-refractivity contribution in [3.8, 4) is 5.75 Å². The molecule has 0 radical (unpaired) electrons. The van der Waals surface area contributed by atoms with Gasteiger partial charge in [-0.05, 0) is 31.0 Å². The number of phenols is 1. The van der Waals surface area contributed by atoms with Gasteiger partial charge in [0.2, 0.25) is 0 Å². The van der Waals surface area contributed by atoms with Crippen LogP contribution in [-0.2, 0) is 16.0 Å². The van der Waals surface area contributed by atoms with Crippen LogP contribution in [0.4, 0.5) is 0 Å². The monoisotopic (exact) mass is 266 g/mol. The normalized spacial score (nSPS) is 13.6. The third kappa shape index (κ3) is 4.71. The largest absolute Gasteiger partial charge is 0.507 e. The van der Waals surface area contributed by atoms with Gasteiger partial charge in [-0.15, -0.1) is 0 Å². The Morgan fingerprint density at radius 1 is 1.42 bits per heavy atom. The standard InChI is InChI=1S/C14H18O5/c1-9(14(18)19-8-10(2)16)5-11-3-4-13(17)12(6-11)7-15/h3-4,6-7,9-10,16-17H,5,8H2,1-2H3. The molecule has 1 rings (SSSR count). The summed E-state index contributed by atoms with van der Waals surface area (Å²) in [4.78, 5) is 22.3. The summed E-state index contributed by atoms with van der Waals surface area (Å²) >= 11 is 0. The molecule has 2 N–H and O–H groups in total. The van der Waals surface area contributed by atoms with Gasteiger partial charge in [-0.1, -0.05) is 13.0 Å². The van der Waals surface area contributed by atoms with E-state index in [1.807, 2.05) is 0 Å². The first-order chi connectivity index (χ1) is 8.93. The lowest BCUT2D eigenvalue weighted by Crippen LogP contribution is -2.21. The topological polar surface area (TPSA) is 83.8 Å². The first kappa shape index (κ1) is 15.2. The minimum absolute atomic E-state index is 0.0294. The van der Waals surface area contributed by atoms with Gasteiger partial charge in [-0.3, -0.25) is 9.59 Å². The van der Waals surface area contributed by atoms with E-state index in [2.05, 4.69) is 0 Å². The predicted octanol–water partition coefficient (Wildman–Crippen LogP) is 1.31. The third-order valence-corrected chi connectivity index (χ3v) is 2.63. The van der Waals surface area contributed by atoms with Crippen LogP contribution in [0.3, 0.4) is 0 Å². The van der Waals surface area contributed by atoms with Crippen LogP contribution < -0.4 is 0 Å². The first-order valence-electron chi connectivity index (χ1n) is 6.05. The number of aliphatic hydroxyl groups is 1. The summed E-state index contributed by atoms with van der Waals surface area (Å²) in [5, 5.41) is 18.4. The zero-order valence-corrected chi connectivity index (χ0v) is 11.0. The second-order valence-corrected chi connectivity index (χ2v) is 4.60. The maximum absolute atomic E-state index is 11.6. The van der Waals surface area contributed by atoms with Gasteiger partial charge in [0.05, 0.1) is 17.6 Å². The molecule has 0 aliphatic carbocycles. The number of aliphatic hydroxyl groups excluding tert-OH is 1. The second-order valence-electron chi connectivity index (χ2n) is 4.60. The molecule has 0 amide bonds. The molecule has 2 unspecified atom stereocenters. The van der Waals surface area contributed by atoms with Crippen LogP contribution >= 0.6 is 0 Å². The van der Waals surface area contributed by atoms with Crippen LogP contribution in [0.2, 0.25) is 0 Å². The lowest BCUT2D eigenvalue weighted by molar-refractivity contribution is -0.150. The van der Waals surface area contributed by atoms with Crippen molar-refractivity contribution in [2.24, 2.45) is 5.92 Å². The Balaban J connectivity index is 2.63. The van der Waals surface area contributed by atoms with Crippen LogP contribution in [0.1, 0.15) is 29.8 Å². The van der Waals surface area contributed by atoms with Crippen LogP contribution in [0.5, 0.6) is 5.75 Å². The lowest BCUT2D eigenvalue weighted by atomic mass is 9.99. The Hall–Kier alpha value is -1.88. The maximum atomic E-state index is 11.6. The highest BCUT2D eigenvalue weighted by atomic mass is 16.5. The summed E-state index contributed by atoms with van der Waals surface area (Å²) < 4.78 is 4.91. The molecular formula is C14H18O5. The summed E-state index contributed by atoms with van der Waals surface area (Å²) in [7, 11) is 0. The van der Waals surface area contributed by atoms with Gasteiger partial charge in [-0.2, -0.15) is 0 Å². The Kier molecular flexibility index (Phi) is 5.51. The Bertz CT molecular complexity index is 453. The SMILES string of the molecule is CC(O)COC(=O)C(C)Cc1ccc(O)c(C=O)c1. The highest BCUT2D eigenvalue weighted by Gasteiger charge is 2.16. The quantitative estimate of drug-likeness (QED) is 0.599. The molecule has 5 heteroatoms. The van der Waals surface area contributed by atoms with Gasteiger partial charge in [0.15, 0.2) is 6.29 Å². The van der Waals surface area contributed by atoms with Crippen molar-refractivity contribution >= 4 is 12.3 Å². The molecule has 2 atom stereocenters. The molecule has 0 saturated carbocycles. The number of rotatable bonds is 6. The van der Waals surface area contributed by atoms with Gasteiger partial charge in [0.1, 0.15) is 12.4 Å².